The number of nitrogens with one attached hydrogen (secondary N) is 2. The summed E-state index contributed by atoms with van der Waals surface area (Å²) in [6, 6.07) is -0.591. The second-order valence-electron chi connectivity index (χ2n) is 4.41. The number of nitrogens with zero attached hydrogens (tertiary/aromatic N) is 1. The van der Waals surface area contributed by atoms with Gasteiger partial charge in [-0.25, -0.2) is 0 Å². The zero-order valence-corrected chi connectivity index (χ0v) is 11.5. The van der Waals surface area contributed by atoms with Crippen LogP contribution in [0.1, 0.15) is 20.3 Å². The lowest BCUT2D eigenvalue weighted by Gasteiger charge is -2.22. The number of carbonyl (C=O) groups excluding carboxylic acids is 3. The molecule has 2 unspecified atom stereocenters. The summed E-state index contributed by atoms with van der Waals surface area (Å²) in [6.07, 6.45) is 0.741. The second-order valence-corrected chi connectivity index (χ2v) is 4.77. The van der Waals surface area contributed by atoms with Crippen molar-refractivity contribution in [2.24, 2.45) is 0 Å². The Morgan fingerprint density at radius 1 is 1.33 bits per heavy atom. The van der Waals surface area contributed by atoms with Crippen molar-refractivity contribution in [2.75, 3.05) is 18.8 Å². The van der Waals surface area contributed by atoms with Gasteiger partial charge in [0.2, 0.25) is 17.7 Å². The van der Waals surface area contributed by atoms with E-state index in [0.717, 1.165) is 6.42 Å². The quantitative estimate of drug-likeness (QED) is 0.584. The highest BCUT2D eigenvalue weighted by Gasteiger charge is 2.30. The molecule has 0 spiro atoms. The minimum Gasteiger partial charge on any atom is -0.352 e. The summed E-state index contributed by atoms with van der Waals surface area (Å²) in [6.45, 7) is 3.90. The molecule has 0 bridgehead atoms. The van der Waals surface area contributed by atoms with Gasteiger partial charge in [-0.1, -0.05) is 0 Å². The molecule has 6 nitrogen and oxygen atoms in total. The first-order valence-electron chi connectivity index (χ1n) is 5.88. The highest BCUT2D eigenvalue weighted by atomic mass is 32.1. The Bertz CT molecular complexity index is 348. The first kappa shape index (κ1) is 14.8. The number of carbonyl (C=O) groups is 3. The molecular formula is C11H19N3O3S. The highest BCUT2D eigenvalue weighted by Crippen LogP contribution is 2.11. The number of rotatable bonds is 4. The van der Waals surface area contributed by atoms with E-state index in [4.69, 9.17) is 0 Å². The van der Waals surface area contributed by atoms with Crippen molar-refractivity contribution in [3.63, 3.8) is 0 Å². The van der Waals surface area contributed by atoms with Gasteiger partial charge in [-0.3, -0.25) is 14.4 Å². The van der Waals surface area contributed by atoms with Gasteiger partial charge in [0.1, 0.15) is 6.04 Å². The Hall–Kier alpha value is -1.24. The molecule has 3 amide bonds. The van der Waals surface area contributed by atoms with Crippen molar-refractivity contribution >= 4 is 30.4 Å². The molecular weight excluding hydrogens is 254 g/mol. The monoisotopic (exact) mass is 273 g/mol. The third-order valence-corrected chi connectivity index (χ3v) is 3.13. The number of thiol groups is 1. The van der Waals surface area contributed by atoms with E-state index in [9.17, 15) is 14.4 Å². The van der Waals surface area contributed by atoms with Crippen molar-refractivity contribution in [2.45, 2.75) is 32.4 Å². The third-order valence-electron chi connectivity index (χ3n) is 2.77. The van der Waals surface area contributed by atoms with E-state index in [0.29, 0.717) is 13.1 Å². The van der Waals surface area contributed by atoms with Crippen molar-refractivity contribution in [3.8, 4) is 0 Å². The first-order valence-corrected chi connectivity index (χ1v) is 6.51. The Labute approximate surface area is 112 Å². The highest BCUT2D eigenvalue weighted by molar-refractivity contribution is 7.80. The van der Waals surface area contributed by atoms with Crippen LogP contribution in [0.25, 0.3) is 0 Å². The van der Waals surface area contributed by atoms with Crippen LogP contribution in [0.3, 0.4) is 0 Å². The van der Waals surface area contributed by atoms with Crippen LogP contribution < -0.4 is 10.6 Å². The van der Waals surface area contributed by atoms with Crippen LogP contribution in [0.15, 0.2) is 0 Å². The molecule has 0 aromatic carbocycles. The molecule has 102 valence electrons. The van der Waals surface area contributed by atoms with Crippen LogP contribution >= 0.6 is 12.6 Å². The number of hydrogen-bond donors (Lipinski definition) is 3. The maximum atomic E-state index is 12.1. The van der Waals surface area contributed by atoms with Crippen LogP contribution in [0.5, 0.6) is 0 Å². The summed E-state index contributed by atoms with van der Waals surface area (Å²) >= 11 is 4.07. The summed E-state index contributed by atoms with van der Waals surface area (Å²) in [5, 5.41) is 5.35. The van der Waals surface area contributed by atoms with E-state index >= 15 is 0 Å². The maximum Gasteiger partial charge on any atom is 0.246 e. The lowest BCUT2D eigenvalue weighted by molar-refractivity contribution is -0.134. The van der Waals surface area contributed by atoms with E-state index in [2.05, 4.69) is 23.3 Å². The predicted octanol–water partition coefficient (Wildman–Crippen LogP) is -0.842. The molecule has 1 saturated heterocycles. The lowest BCUT2D eigenvalue weighted by Crippen LogP contribution is -2.49. The molecule has 0 radical (unpaired) electrons. The van der Waals surface area contributed by atoms with Crippen LogP contribution in [0, 0.1) is 0 Å². The number of amides is 3. The van der Waals surface area contributed by atoms with Crippen LogP contribution in [0.4, 0.5) is 0 Å². The van der Waals surface area contributed by atoms with Gasteiger partial charge >= 0.3 is 0 Å². The van der Waals surface area contributed by atoms with Gasteiger partial charge in [-0.2, -0.15) is 12.6 Å². The minimum absolute atomic E-state index is 0.00402. The predicted molar refractivity (Wildman–Crippen MR) is 70.3 cm³/mol. The van der Waals surface area contributed by atoms with Gasteiger partial charge in [0.15, 0.2) is 0 Å². The standard InChI is InChI=1S/C11H19N3O3S/c1-7(15)12-9-3-4-14(5-9)11(17)10(6-18)13-8(2)16/h9-10,18H,3-6H2,1-2H3,(H,12,15)(H,13,16). The van der Waals surface area contributed by atoms with Crippen molar-refractivity contribution in [1.82, 2.24) is 15.5 Å². The summed E-state index contributed by atoms with van der Waals surface area (Å²) in [5.41, 5.74) is 0. The smallest absolute Gasteiger partial charge is 0.246 e. The van der Waals surface area contributed by atoms with Gasteiger partial charge in [-0.05, 0) is 6.42 Å². The first-order chi connectivity index (χ1) is 8.43. The largest absolute Gasteiger partial charge is 0.352 e. The van der Waals surface area contributed by atoms with Crippen LogP contribution in [-0.4, -0.2) is 53.5 Å². The van der Waals surface area contributed by atoms with Gasteiger partial charge in [0, 0.05) is 38.7 Å². The van der Waals surface area contributed by atoms with E-state index in [-0.39, 0.29) is 29.5 Å². The third kappa shape index (κ3) is 4.21. The molecule has 1 aliphatic rings. The SMILES string of the molecule is CC(=O)NC1CCN(C(=O)C(CS)NC(C)=O)C1. The summed E-state index contributed by atoms with van der Waals surface area (Å²) in [7, 11) is 0. The summed E-state index contributed by atoms with van der Waals surface area (Å²) in [5.74, 6) is -0.227. The van der Waals surface area contributed by atoms with E-state index in [1.807, 2.05) is 0 Å². The number of likely N-dealkylation sites (tertiary alicyclic amines) is 1. The van der Waals surface area contributed by atoms with Gasteiger partial charge in [-0.15, -0.1) is 0 Å². The van der Waals surface area contributed by atoms with E-state index in [1.165, 1.54) is 13.8 Å². The fourth-order valence-electron chi connectivity index (χ4n) is 2.02. The molecule has 2 N–H and O–H groups in total. The Morgan fingerprint density at radius 2 is 2.00 bits per heavy atom. The van der Waals surface area contributed by atoms with Crippen LogP contribution in [-0.2, 0) is 14.4 Å². The topological polar surface area (TPSA) is 78.5 Å². The van der Waals surface area contributed by atoms with Crippen molar-refractivity contribution in [3.05, 3.63) is 0 Å². The molecule has 1 aliphatic heterocycles. The van der Waals surface area contributed by atoms with Crippen molar-refractivity contribution < 1.29 is 14.4 Å². The van der Waals surface area contributed by atoms with E-state index < -0.39 is 6.04 Å². The fraction of sp³-hybridized carbons (Fsp3) is 0.727. The molecule has 0 aromatic rings. The lowest BCUT2D eigenvalue weighted by atomic mass is 10.2. The Kier molecular flexibility index (Phi) is 5.46. The average molecular weight is 273 g/mol. The fourth-order valence-corrected chi connectivity index (χ4v) is 2.26. The van der Waals surface area contributed by atoms with Gasteiger partial charge < -0.3 is 15.5 Å². The second kappa shape index (κ2) is 6.63. The molecule has 1 rings (SSSR count). The Morgan fingerprint density at radius 3 is 2.50 bits per heavy atom. The Balaban J connectivity index is 2.52. The molecule has 7 heteroatoms. The molecule has 0 saturated carbocycles. The zero-order valence-electron chi connectivity index (χ0n) is 10.6. The number of hydrogen-bond acceptors (Lipinski definition) is 4. The van der Waals surface area contributed by atoms with Gasteiger partial charge in [0.05, 0.1) is 0 Å². The summed E-state index contributed by atoms with van der Waals surface area (Å²) < 4.78 is 0. The molecule has 1 fully saturated rings. The molecule has 0 aliphatic carbocycles. The normalized spacial score (nSPS) is 20.4. The maximum absolute atomic E-state index is 12.1. The molecule has 18 heavy (non-hydrogen) atoms. The summed E-state index contributed by atoms with van der Waals surface area (Å²) in [4.78, 5) is 35.6. The van der Waals surface area contributed by atoms with Crippen molar-refractivity contribution in [1.29, 1.82) is 0 Å². The molecule has 0 aromatic heterocycles. The average Bonchev–Trinajstić information content (AvgIpc) is 2.72. The van der Waals surface area contributed by atoms with E-state index in [1.54, 1.807) is 4.90 Å². The molecule has 1 heterocycles. The zero-order chi connectivity index (χ0) is 13.7. The van der Waals surface area contributed by atoms with Crippen LogP contribution in [0.2, 0.25) is 0 Å². The minimum atomic E-state index is -0.595. The van der Waals surface area contributed by atoms with Gasteiger partial charge in [0.25, 0.3) is 0 Å². The molecule has 2 atom stereocenters.